The Morgan fingerprint density at radius 1 is 1.16 bits per heavy atom. The third-order valence-electron chi connectivity index (χ3n) is 4.35. The van der Waals surface area contributed by atoms with Crippen molar-refractivity contribution in [2.75, 3.05) is 0 Å². The topological polar surface area (TPSA) is 79.8 Å². The lowest BCUT2D eigenvalue weighted by Gasteiger charge is -2.10. The molecule has 2 aromatic carbocycles. The number of amides is 1. The third-order valence-corrected chi connectivity index (χ3v) is 4.35. The summed E-state index contributed by atoms with van der Waals surface area (Å²) in [4.78, 5) is 24.7. The van der Waals surface area contributed by atoms with E-state index in [1.807, 2.05) is 42.5 Å². The number of aryl methyl sites for hydroxylation is 1. The van der Waals surface area contributed by atoms with Gasteiger partial charge in [-0.05, 0) is 16.3 Å². The zero-order valence-corrected chi connectivity index (χ0v) is 13.6. The zero-order chi connectivity index (χ0) is 17.4. The largest absolute Gasteiger partial charge is 0.348 e. The average molecular weight is 332 g/mol. The first-order valence-electron chi connectivity index (χ1n) is 7.92. The number of nitrogens with zero attached hydrogens (tertiary/aromatic N) is 2. The van der Waals surface area contributed by atoms with Crippen LogP contribution < -0.4 is 10.9 Å². The Kier molecular flexibility index (Phi) is 3.57. The molecule has 0 radical (unpaired) electrons. The summed E-state index contributed by atoms with van der Waals surface area (Å²) < 4.78 is 1.38. The molecule has 6 nitrogen and oxygen atoms in total. The van der Waals surface area contributed by atoms with Crippen LogP contribution in [-0.2, 0) is 13.6 Å². The summed E-state index contributed by atoms with van der Waals surface area (Å²) in [6.45, 7) is 0.405. The van der Waals surface area contributed by atoms with Crippen molar-refractivity contribution in [1.29, 1.82) is 0 Å². The standard InChI is InChI=1S/C19H16N4O2/c1-23-11-16(15-10-21-22-17(15)19(23)25)18(24)20-9-13-7-4-6-12-5-2-3-8-14(12)13/h2-8,10-11H,9H2,1H3,(H,20,24)(H,21,22). The van der Waals surface area contributed by atoms with Crippen molar-refractivity contribution in [3.05, 3.63) is 76.3 Å². The first-order chi connectivity index (χ1) is 12.1. The second kappa shape index (κ2) is 5.90. The molecule has 4 rings (SSSR count). The van der Waals surface area contributed by atoms with E-state index in [-0.39, 0.29) is 11.5 Å². The van der Waals surface area contributed by atoms with Crippen LogP contribution in [0.4, 0.5) is 0 Å². The summed E-state index contributed by atoms with van der Waals surface area (Å²) >= 11 is 0. The number of fused-ring (bicyclic) bond motifs is 2. The number of aromatic nitrogens is 3. The van der Waals surface area contributed by atoms with E-state index >= 15 is 0 Å². The number of nitrogens with one attached hydrogen (secondary N) is 2. The second-order valence-electron chi connectivity index (χ2n) is 5.94. The highest BCUT2D eigenvalue weighted by Gasteiger charge is 2.15. The quantitative estimate of drug-likeness (QED) is 0.604. The van der Waals surface area contributed by atoms with E-state index in [0.29, 0.717) is 23.0 Å². The number of benzene rings is 2. The van der Waals surface area contributed by atoms with Crippen LogP contribution in [0.15, 0.2) is 59.7 Å². The monoisotopic (exact) mass is 332 g/mol. The average Bonchev–Trinajstić information content (AvgIpc) is 3.12. The lowest BCUT2D eigenvalue weighted by Crippen LogP contribution is -2.26. The van der Waals surface area contributed by atoms with E-state index in [1.165, 1.54) is 10.8 Å². The molecule has 1 amide bonds. The van der Waals surface area contributed by atoms with Gasteiger partial charge in [0.25, 0.3) is 11.5 Å². The molecule has 25 heavy (non-hydrogen) atoms. The van der Waals surface area contributed by atoms with Crippen molar-refractivity contribution in [3.63, 3.8) is 0 Å². The van der Waals surface area contributed by atoms with Gasteiger partial charge in [-0.3, -0.25) is 14.7 Å². The van der Waals surface area contributed by atoms with E-state index in [4.69, 9.17) is 0 Å². The molecule has 0 fully saturated rings. The van der Waals surface area contributed by atoms with Crippen molar-refractivity contribution in [2.24, 2.45) is 7.05 Å². The number of aromatic amines is 1. The predicted molar refractivity (Wildman–Crippen MR) is 96.5 cm³/mol. The van der Waals surface area contributed by atoms with Crippen LogP contribution >= 0.6 is 0 Å². The molecular weight excluding hydrogens is 316 g/mol. The third kappa shape index (κ3) is 2.57. The summed E-state index contributed by atoms with van der Waals surface area (Å²) in [5.74, 6) is -0.241. The molecular formula is C19H16N4O2. The summed E-state index contributed by atoms with van der Waals surface area (Å²) in [6, 6.07) is 14.1. The lowest BCUT2D eigenvalue weighted by atomic mass is 10.0. The van der Waals surface area contributed by atoms with E-state index in [1.54, 1.807) is 13.2 Å². The van der Waals surface area contributed by atoms with Crippen LogP contribution in [0.1, 0.15) is 15.9 Å². The summed E-state index contributed by atoms with van der Waals surface area (Å²) in [5, 5.41) is 12.3. The molecule has 0 aliphatic rings. The molecule has 0 unspecified atom stereocenters. The van der Waals surface area contributed by atoms with Crippen LogP contribution in [0.3, 0.4) is 0 Å². The number of hydrogen-bond donors (Lipinski definition) is 2. The maximum absolute atomic E-state index is 12.7. The maximum atomic E-state index is 12.7. The molecule has 6 heteroatoms. The van der Waals surface area contributed by atoms with E-state index < -0.39 is 0 Å². The van der Waals surface area contributed by atoms with Gasteiger partial charge in [-0.15, -0.1) is 0 Å². The van der Waals surface area contributed by atoms with Gasteiger partial charge in [-0.25, -0.2) is 0 Å². The first-order valence-corrected chi connectivity index (χ1v) is 7.92. The highest BCUT2D eigenvalue weighted by atomic mass is 16.2. The van der Waals surface area contributed by atoms with Gasteiger partial charge in [-0.2, -0.15) is 5.10 Å². The van der Waals surface area contributed by atoms with Crippen LogP contribution in [0, 0.1) is 0 Å². The molecule has 0 saturated heterocycles. The normalized spacial score (nSPS) is 11.1. The molecule has 124 valence electrons. The Bertz CT molecular complexity index is 1150. The Labute approximate surface area is 143 Å². The van der Waals surface area contributed by atoms with E-state index in [2.05, 4.69) is 15.5 Å². The van der Waals surface area contributed by atoms with Gasteiger partial charge in [0, 0.05) is 25.2 Å². The molecule has 2 N–H and O–H groups in total. The van der Waals surface area contributed by atoms with Gasteiger partial charge in [0.2, 0.25) is 0 Å². The van der Waals surface area contributed by atoms with Crippen molar-refractivity contribution < 1.29 is 4.79 Å². The van der Waals surface area contributed by atoms with Crippen LogP contribution in [-0.4, -0.2) is 20.7 Å². The molecule has 4 aromatic rings. The number of hydrogen-bond acceptors (Lipinski definition) is 3. The van der Waals surface area contributed by atoms with E-state index in [9.17, 15) is 9.59 Å². The number of rotatable bonds is 3. The number of carbonyl (C=O) groups excluding carboxylic acids is 1. The van der Waals surface area contributed by atoms with Gasteiger partial charge in [0.1, 0.15) is 5.52 Å². The lowest BCUT2D eigenvalue weighted by molar-refractivity contribution is 0.0952. The zero-order valence-electron chi connectivity index (χ0n) is 13.6. The fourth-order valence-electron chi connectivity index (χ4n) is 3.05. The second-order valence-corrected chi connectivity index (χ2v) is 5.94. The number of pyridine rings is 1. The van der Waals surface area contributed by atoms with Crippen molar-refractivity contribution in [3.8, 4) is 0 Å². The predicted octanol–water partition coefficient (Wildman–Crippen LogP) is 2.34. The highest BCUT2D eigenvalue weighted by molar-refractivity contribution is 6.05. The van der Waals surface area contributed by atoms with Gasteiger partial charge >= 0.3 is 0 Å². The Morgan fingerprint density at radius 3 is 2.84 bits per heavy atom. The summed E-state index contributed by atoms with van der Waals surface area (Å²) in [6.07, 6.45) is 3.04. The first kappa shape index (κ1) is 15.1. The van der Waals surface area contributed by atoms with Gasteiger partial charge in [0.05, 0.1) is 11.8 Å². The van der Waals surface area contributed by atoms with Gasteiger partial charge < -0.3 is 9.88 Å². The van der Waals surface area contributed by atoms with Crippen LogP contribution in [0.2, 0.25) is 0 Å². The van der Waals surface area contributed by atoms with Gasteiger partial charge in [0.15, 0.2) is 0 Å². The molecule has 0 aliphatic heterocycles. The minimum atomic E-state index is -0.241. The van der Waals surface area contributed by atoms with E-state index in [0.717, 1.165) is 16.3 Å². The number of H-pyrrole nitrogens is 1. The summed E-state index contributed by atoms with van der Waals surface area (Å²) in [5.41, 5.74) is 1.59. The molecule has 2 aromatic heterocycles. The number of carbonyl (C=O) groups is 1. The van der Waals surface area contributed by atoms with Crippen molar-refractivity contribution >= 4 is 27.6 Å². The molecule has 0 atom stereocenters. The SMILES string of the molecule is Cn1cc(C(=O)NCc2cccc3ccccc23)c2cn[nH]c2c1=O. The summed E-state index contributed by atoms with van der Waals surface area (Å²) in [7, 11) is 1.62. The minimum absolute atomic E-state index is 0.210. The molecule has 0 saturated carbocycles. The smallest absolute Gasteiger partial charge is 0.276 e. The Balaban J connectivity index is 1.66. The fourth-order valence-corrected chi connectivity index (χ4v) is 3.05. The van der Waals surface area contributed by atoms with Crippen LogP contribution in [0.25, 0.3) is 21.7 Å². The molecule has 0 bridgehead atoms. The highest BCUT2D eigenvalue weighted by Crippen LogP contribution is 2.19. The molecule has 2 heterocycles. The fraction of sp³-hybridized carbons (Fsp3) is 0.105. The van der Waals surface area contributed by atoms with Crippen LogP contribution in [0.5, 0.6) is 0 Å². The maximum Gasteiger partial charge on any atom is 0.276 e. The van der Waals surface area contributed by atoms with Crippen molar-refractivity contribution in [1.82, 2.24) is 20.1 Å². The molecule has 0 spiro atoms. The minimum Gasteiger partial charge on any atom is -0.348 e. The van der Waals surface area contributed by atoms with Gasteiger partial charge in [-0.1, -0.05) is 42.5 Å². The Morgan fingerprint density at radius 2 is 1.96 bits per heavy atom. The Hall–Kier alpha value is -3.41. The van der Waals surface area contributed by atoms with Crippen molar-refractivity contribution in [2.45, 2.75) is 6.54 Å². The molecule has 0 aliphatic carbocycles.